The smallest absolute Gasteiger partial charge is 0.171 e. The first-order valence-electron chi connectivity index (χ1n) is 5.76. The van der Waals surface area contributed by atoms with Gasteiger partial charge in [-0.1, -0.05) is 59.7 Å². The number of rotatable bonds is 6. The van der Waals surface area contributed by atoms with Gasteiger partial charge in [0.2, 0.25) is 0 Å². The quantitative estimate of drug-likeness (QED) is 0.290. The Labute approximate surface area is 132 Å². The zero-order valence-corrected chi connectivity index (χ0v) is 13.3. The Balaban J connectivity index is 2.92. The fourth-order valence-corrected chi connectivity index (χ4v) is 2.42. The third-order valence-corrected chi connectivity index (χ3v) is 4.32. The van der Waals surface area contributed by atoms with Gasteiger partial charge in [-0.05, 0) is 12.5 Å². The summed E-state index contributed by atoms with van der Waals surface area (Å²) in [5.74, 6) is -0.517. The van der Waals surface area contributed by atoms with Gasteiger partial charge in [-0.25, -0.2) is 0 Å². The van der Waals surface area contributed by atoms with E-state index in [0.29, 0.717) is 6.42 Å². The van der Waals surface area contributed by atoms with Crippen LogP contribution in [0.3, 0.4) is 0 Å². The van der Waals surface area contributed by atoms with Crippen molar-refractivity contribution >= 4 is 58.0 Å². The molecule has 1 aromatic rings. The van der Waals surface area contributed by atoms with Crippen LogP contribution in [0.4, 0.5) is 0 Å². The molecule has 0 aromatic heterocycles. The third kappa shape index (κ3) is 4.35. The van der Waals surface area contributed by atoms with Gasteiger partial charge >= 0.3 is 0 Å². The minimum Gasteiger partial charge on any atom is -0.299 e. The first kappa shape index (κ1) is 16.8. The first-order chi connectivity index (χ1) is 8.88. The summed E-state index contributed by atoms with van der Waals surface area (Å²) in [4.78, 5) is 23.6. The molecule has 104 valence electrons. The second-order valence-corrected chi connectivity index (χ2v) is 5.63. The zero-order chi connectivity index (χ0) is 14.6. The van der Waals surface area contributed by atoms with Crippen LogP contribution < -0.4 is 0 Å². The van der Waals surface area contributed by atoms with Crippen LogP contribution in [0.5, 0.6) is 0 Å². The van der Waals surface area contributed by atoms with Crippen LogP contribution in [0.2, 0.25) is 20.1 Å². The van der Waals surface area contributed by atoms with E-state index in [1.165, 1.54) is 6.07 Å². The van der Waals surface area contributed by atoms with Crippen LogP contribution in [0, 0.1) is 0 Å². The van der Waals surface area contributed by atoms with Gasteiger partial charge in [-0.2, -0.15) is 0 Å². The summed E-state index contributed by atoms with van der Waals surface area (Å²) >= 11 is 23.5. The summed E-state index contributed by atoms with van der Waals surface area (Å²) < 4.78 is 0. The number of halogens is 4. The van der Waals surface area contributed by atoms with Crippen molar-refractivity contribution in [1.82, 2.24) is 0 Å². The van der Waals surface area contributed by atoms with Crippen molar-refractivity contribution in [2.24, 2.45) is 0 Å². The number of hydrogen-bond donors (Lipinski definition) is 0. The first-order valence-corrected chi connectivity index (χ1v) is 7.27. The van der Waals surface area contributed by atoms with E-state index in [9.17, 15) is 9.59 Å². The molecule has 0 N–H and O–H groups in total. The average molecular weight is 342 g/mol. The highest BCUT2D eigenvalue weighted by Crippen LogP contribution is 2.38. The summed E-state index contributed by atoms with van der Waals surface area (Å²) in [6, 6.07) is 1.34. The van der Waals surface area contributed by atoms with E-state index in [2.05, 4.69) is 0 Å². The van der Waals surface area contributed by atoms with Crippen LogP contribution in [-0.4, -0.2) is 11.6 Å². The normalized spacial score (nSPS) is 10.6. The van der Waals surface area contributed by atoms with Crippen molar-refractivity contribution in [3.05, 3.63) is 31.7 Å². The average Bonchev–Trinajstić information content (AvgIpc) is 2.37. The maximum Gasteiger partial charge on any atom is 0.171 e. The highest BCUT2D eigenvalue weighted by atomic mass is 35.5. The lowest BCUT2D eigenvalue weighted by Crippen LogP contribution is -2.09. The second kappa shape index (κ2) is 7.49. The fourth-order valence-electron chi connectivity index (χ4n) is 1.51. The molecule has 2 nitrogen and oxygen atoms in total. The third-order valence-electron chi connectivity index (χ3n) is 2.57. The number of Topliss-reactive ketones (excluding diaryl/α,β-unsaturated/α-hetero) is 2. The van der Waals surface area contributed by atoms with E-state index in [1.54, 1.807) is 0 Å². The summed E-state index contributed by atoms with van der Waals surface area (Å²) in [5, 5.41) is 0.298. The fraction of sp³-hybridized carbons (Fsp3) is 0.385. The molecule has 0 atom stereocenters. The second-order valence-electron chi connectivity index (χ2n) is 4.09. The number of hydrogen-bond acceptors (Lipinski definition) is 2. The Morgan fingerprint density at radius 2 is 1.68 bits per heavy atom. The Bertz CT molecular complexity index is 512. The summed E-state index contributed by atoms with van der Waals surface area (Å²) in [6.45, 7) is 1.98. The highest BCUT2D eigenvalue weighted by molar-refractivity contribution is 6.52. The van der Waals surface area contributed by atoms with Crippen molar-refractivity contribution < 1.29 is 9.59 Å². The van der Waals surface area contributed by atoms with Crippen molar-refractivity contribution in [3.8, 4) is 0 Å². The standard InChI is InChI=1S/C13H12Cl4O2/c1-2-3-4-7(18)5-10(19)8-6-9(14)12(16)13(17)11(8)15/h6H,2-5H2,1H3. The predicted molar refractivity (Wildman–Crippen MR) is 80.0 cm³/mol. The molecule has 0 aliphatic heterocycles. The Morgan fingerprint density at radius 3 is 2.26 bits per heavy atom. The number of ketones is 2. The minimum absolute atomic E-state index is 0.0280. The van der Waals surface area contributed by atoms with Gasteiger partial charge in [-0.15, -0.1) is 0 Å². The van der Waals surface area contributed by atoms with Gasteiger partial charge in [0.15, 0.2) is 5.78 Å². The van der Waals surface area contributed by atoms with E-state index in [-0.39, 0.29) is 37.9 Å². The molecular formula is C13H12Cl4O2. The van der Waals surface area contributed by atoms with Gasteiger partial charge in [-0.3, -0.25) is 9.59 Å². The van der Waals surface area contributed by atoms with Crippen LogP contribution >= 0.6 is 46.4 Å². The van der Waals surface area contributed by atoms with Crippen LogP contribution in [0.15, 0.2) is 6.07 Å². The van der Waals surface area contributed by atoms with E-state index >= 15 is 0 Å². The Hall–Kier alpha value is -0.280. The molecule has 1 rings (SSSR count). The summed E-state index contributed by atoms with van der Waals surface area (Å²) in [6.07, 6.45) is 1.85. The molecule has 19 heavy (non-hydrogen) atoms. The largest absolute Gasteiger partial charge is 0.299 e. The highest BCUT2D eigenvalue weighted by Gasteiger charge is 2.20. The molecule has 0 amide bonds. The molecule has 0 saturated heterocycles. The number of benzene rings is 1. The maximum atomic E-state index is 12.0. The topological polar surface area (TPSA) is 34.1 Å². The van der Waals surface area contributed by atoms with E-state index in [4.69, 9.17) is 46.4 Å². The predicted octanol–water partition coefficient (Wildman–Crippen LogP) is 5.63. The van der Waals surface area contributed by atoms with Crippen molar-refractivity contribution in [2.75, 3.05) is 0 Å². The van der Waals surface area contributed by atoms with Gasteiger partial charge in [0, 0.05) is 12.0 Å². The molecule has 0 unspecified atom stereocenters. The van der Waals surface area contributed by atoms with Crippen molar-refractivity contribution in [2.45, 2.75) is 32.6 Å². The van der Waals surface area contributed by atoms with Gasteiger partial charge in [0.05, 0.1) is 26.5 Å². The molecule has 0 radical (unpaired) electrons. The lowest BCUT2D eigenvalue weighted by molar-refractivity contribution is -0.118. The molecular weight excluding hydrogens is 330 g/mol. The zero-order valence-electron chi connectivity index (χ0n) is 10.2. The lowest BCUT2D eigenvalue weighted by Gasteiger charge is -2.08. The van der Waals surface area contributed by atoms with Gasteiger partial charge in [0.25, 0.3) is 0 Å². The lowest BCUT2D eigenvalue weighted by atomic mass is 10.0. The Morgan fingerprint density at radius 1 is 1.05 bits per heavy atom. The number of unbranched alkanes of at least 4 members (excludes halogenated alkanes) is 1. The van der Waals surface area contributed by atoms with Gasteiger partial charge < -0.3 is 0 Å². The van der Waals surface area contributed by atoms with Crippen LogP contribution in [0.1, 0.15) is 43.0 Å². The van der Waals surface area contributed by atoms with E-state index in [1.807, 2.05) is 6.92 Å². The summed E-state index contributed by atoms with van der Waals surface area (Å²) in [7, 11) is 0. The van der Waals surface area contributed by atoms with E-state index < -0.39 is 5.78 Å². The van der Waals surface area contributed by atoms with Gasteiger partial charge in [0.1, 0.15) is 5.78 Å². The van der Waals surface area contributed by atoms with Crippen LogP contribution in [-0.2, 0) is 4.79 Å². The molecule has 6 heteroatoms. The molecule has 0 heterocycles. The van der Waals surface area contributed by atoms with Crippen molar-refractivity contribution in [3.63, 3.8) is 0 Å². The monoisotopic (exact) mass is 340 g/mol. The maximum absolute atomic E-state index is 12.0. The van der Waals surface area contributed by atoms with Crippen molar-refractivity contribution in [1.29, 1.82) is 0 Å². The van der Waals surface area contributed by atoms with E-state index in [0.717, 1.165) is 12.8 Å². The molecule has 0 saturated carbocycles. The molecule has 0 bridgehead atoms. The Kier molecular flexibility index (Phi) is 6.61. The molecule has 0 aliphatic rings. The molecule has 0 fully saturated rings. The minimum atomic E-state index is -0.397. The molecule has 1 aromatic carbocycles. The molecule has 0 spiro atoms. The summed E-state index contributed by atoms with van der Waals surface area (Å²) in [5.41, 5.74) is 0.130. The van der Waals surface area contributed by atoms with Crippen LogP contribution in [0.25, 0.3) is 0 Å². The molecule has 0 aliphatic carbocycles. The SMILES string of the molecule is CCCCC(=O)CC(=O)c1cc(Cl)c(Cl)c(Cl)c1Cl. The number of carbonyl (C=O) groups is 2. The number of carbonyl (C=O) groups excluding carboxylic acids is 2.